The summed E-state index contributed by atoms with van der Waals surface area (Å²) in [5, 5.41) is 12.8. The van der Waals surface area contributed by atoms with Crippen LogP contribution in [0, 0.1) is 0 Å². The highest BCUT2D eigenvalue weighted by molar-refractivity contribution is 5.43. The number of anilines is 1. The van der Waals surface area contributed by atoms with Crippen LogP contribution in [0.5, 0.6) is 0 Å². The van der Waals surface area contributed by atoms with Gasteiger partial charge in [-0.2, -0.15) is 17.9 Å². The van der Waals surface area contributed by atoms with E-state index in [1.54, 1.807) is 30.3 Å². The van der Waals surface area contributed by atoms with Crippen LogP contribution in [-0.4, -0.2) is 26.4 Å². The average Bonchev–Trinajstić information content (AvgIpc) is 2.85. The zero-order valence-electron chi connectivity index (χ0n) is 9.46. The van der Waals surface area contributed by atoms with Crippen LogP contribution >= 0.6 is 0 Å². The third-order valence-electron chi connectivity index (χ3n) is 2.77. The van der Waals surface area contributed by atoms with Crippen molar-refractivity contribution in [1.29, 1.82) is 0 Å². The molecule has 2 heterocycles. The van der Waals surface area contributed by atoms with Gasteiger partial charge in [-0.1, -0.05) is 35.4 Å². The van der Waals surface area contributed by atoms with Gasteiger partial charge in [-0.25, -0.2) is 0 Å². The summed E-state index contributed by atoms with van der Waals surface area (Å²) < 4.78 is 39.8. The molecule has 1 aromatic heterocycles. The number of allylic oxidation sites excluding steroid dienone is 2. The van der Waals surface area contributed by atoms with Crippen LogP contribution in [0.1, 0.15) is 11.6 Å². The maximum absolute atomic E-state index is 12.8. The topological polar surface area (TPSA) is 55.6 Å². The molecule has 1 aliphatic rings. The van der Waals surface area contributed by atoms with E-state index in [9.17, 15) is 13.2 Å². The molecule has 1 unspecified atom stereocenters. The molecule has 98 valence electrons. The molecule has 8 heteroatoms. The van der Waals surface area contributed by atoms with Gasteiger partial charge in [0.15, 0.2) is 0 Å². The van der Waals surface area contributed by atoms with Crippen molar-refractivity contribution >= 4 is 5.95 Å². The number of hydrogen-bond acceptors (Lipinski definition) is 4. The van der Waals surface area contributed by atoms with Gasteiger partial charge in [0.2, 0.25) is 5.95 Å². The van der Waals surface area contributed by atoms with Crippen molar-refractivity contribution in [1.82, 2.24) is 20.2 Å². The molecule has 3 rings (SSSR count). The van der Waals surface area contributed by atoms with Crippen LogP contribution in [0.2, 0.25) is 0 Å². The zero-order chi connectivity index (χ0) is 13.5. The van der Waals surface area contributed by atoms with E-state index in [4.69, 9.17) is 0 Å². The fourth-order valence-corrected chi connectivity index (χ4v) is 1.91. The van der Waals surface area contributed by atoms with Crippen LogP contribution in [0.15, 0.2) is 42.1 Å². The van der Waals surface area contributed by atoms with Crippen LogP contribution < -0.4 is 5.32 Å². The summed E-state index contributed by atoms with van der Waals surface area (Å²) in [6.45, 7) is 0. The van der Waals surface area contributed by atoms with Crippen molar-refractivity contribution < 1.29 is 13.2 Å². The second kappa shape index (κ2) is 4.08. The Morgan fingerprint density at radius 2 is 1.89 bits per heavy atom. The molecule has 0 saturated heterocycles. The summed E-state index contributed by atoms with van der Waals surface area (Å²) in [5.74, 6) is -0.0244. The number of aromatic nitrogens is 4. The van der Waals surface area contributed by atoms with Gasteiger partial charge in [0.25, 0.3) is 0 Å². The van der Waals surface area contributed by atoms with E-state index in [1.165, 1.54) is 4.68 Å². The predicted molar refractivity (Wildman–Crippen MR) is 60.2 cm³/mol. The van der Waals surface area contributed by atoms with E-state index in [0.717, 1.165) is 6.08 Å². The van der Waals surface area contributed by atoms with Crippen molar-refractivity contribution in [2.75, 3.05) is 5.32 Å². The van der Waals surface area contributed by atoms with Gasteiger partial charge in [0.05, 0.1) is 0 Å². The van der Waals surface area contributed by atoms with Gasteiger partial charge in [0.1, 0.15) is 11.7 Å². The molecule has 1 atom stereocenters. The largest absolute Gasteiger partial charge is 0.431 e. The SMILES string of the molecule is FC(F)(F)C1=CC(c2ccccc2)n2nnnc2N1. The lowest BCUT2D eigenvalue weighted by Gasteiger charge is -2.24. The Hall–Kier alpha value is -2.38. The Morgan fingerprint density at radius 1 is 1.16 bits per heavy atom. The second-order valence-electron chi connectivity index (χ2n) is 4.01. The molecule has 2 aromatic rings. The number of alkyl halides is 3. The Labute approximate surface area is 105 Å². The summed E-state index contributed by atoms with van der Waals surface area (Å²) in [7, 11) is 0. The first-order valence-electron chi connectivity index (χ1n) is 5.44. The van der Waals surface area contributed by atoms with Gasteiger partial charge in [-0.15, -0.1) is 0 Å². The van der Waals surface area contributed by atoms with Crippen LogP contribution in [0.25, 0.3) is 0 Å². The Morgan fingerprint density at radius 3 is 2.58 bits per heavy atom. The minimum Gasteiger partial charge on any atom is -0.319 e. The fraction of sp³-hybridized carbons (Fsp3) is 0.182. The Bertz CT molecular complexity index is 617. The first kappa shape index (κ1) is 11.7. The van der Waals surface area contributed by atoms with E-state index in [-0.39, 0.29) is 5.95 Å². The van der Waals surface area contributed by atoms with E-state index in [2.05, 4.69) is 20.8 Å². The minimum absolute atomic E-state index is 0.0244. The minimum atomic E-state index is -4.47. The molecule has 0 fully saturated rings. The number of tetrazole rings is 1. The van der Waals surface area contributed by atoms with Gasteiger partial charge in [-0.05, 0) is 22.1 Å². The molecule has 1 aromatic carbocycles. The molecular weight excluding hydrogens is 259 g/mol. The number of hydrogen-bond donors (Lipinski definition) is 1. The first-order valence-corrected chi connectivity index (χ1v) is 5.44. The van der Waals surface area contributed by atoms with Gasteiger partial charge in [0, 0.05) is 0 Å². The summed E-state index contributed by atoms with van der Waals surface area (Å²) >= 11 is 0. The summed E-state index contributed by atoms with van der Waals surface area (Å²) in [6, 6.07) is 8.08. The third-order valence-corrected chi connectivity index (χ3v) is 2.77. The van der Waals surface area contributed by atoms with Gasteiger partial charge < -0.3 is 5.32 Å². The Balaban J connectivity index is 2.10. The highest BCUT2D eigenvalue weighted by Crippen LogP contribution is 2.34. The van der Waals surface area contributed by atoms with Crippen molar-refractivity contribution in [2.45, 2.75) is 12.2 Å². The number of benzene rings is 1. The molecule has 0 saturated carbocycles. The van der Waals surface area contributed by atoms with Crippen molar-refractivity contribution in [2.24, 2.45) is 0 Å². The van der Waals surface area contributed by atoms with E-state index in [1.807, 2.05) is 0 Å². The van der Waals surface area contributed by atoms with Crippen molar-refractivity contribution in [3.8, 4) is 0 Å². The summed E-state index contributed by atoms with van der Waals surface area (Å²) in [4.78, 5) is 0. The monoisotopic (exact) mass is 267 g/mol. The predicted octanol–water partition coefficient (Wildman–Crippen LogP) is 2.13. The molecule has 1 aliphatic heterocycles. The molecule has 0 spiro atoms. The number of fused-ring (bicyclic) bond motifs is 1. The third kappa shape index (κ3) is 2.05. The second-order valence-corrected chi connectivity index (χ2v) is 4.01. The fourth-order valence-electron chi connectivity index (χ4n) is 1.91. The number of halogens is 3. The molecule has 0 radical (unpaired) electrons. The Kier molecular flexibility index (Phi) is 2.51. The van der Waals surface area contributed by atoms with Gasteiger partial charge in [-0.3, -0.25) is 0 Å². The quantitative estimate of drug-likeness (QED) is 0.860. The normalized spacial score (nSPS) is 18.5. The van der Waals surface area contributed by atoms with Crippen molar-refractivity contribution in [3.63, 3.8) is 0 Å². The average molecular weight is 267 g/mol. The standard InChI is InChI=1S/C11H8F3N5/c12-11(13,14)9-6-8(7-4-2-1-3-5-7)19-10(15-9)16-17-18-19/h1-6,8H,(H,15,16,18). The van der Waals surface area contributed by atoms with Gasteiger partial charge >= 0.3 is 6.18 Å². The lowest BCUT2D eigenvalue weighted by Crippen LogP contribution is -2.28. The molecule has 0 aliphatic carbocycles. The molecule has 0 amide bonds. The smallest absolute Gasteiger partial charge is 0.319 e. The maximum Gasteiger partial charge on any atom is 0.431 e. The van der Waals surface area contributed by atoms with E-state index < -0.39 is 17.9 Å². The molecule has 0 bridgehead atoms. The van der Waals surface area contributed by atoms with E-state index in [0.29, 0.717) is 5.56 Å². The number of rotatable bonds is 1. The number of nitrogens with one attached hydrogen (secondary N) is 1. The highest BCUT2D eigenvalue weighted by Gasteiger charge is 2.38. The maximum atomic E-state index is 12.8. The first-order chi connectivity index (χ1) is 9.05. The van der Waals surface area contributed by atoms with E-state index >= 15 is 0 Å². The van der Waals surface area contributed by atoms with Crippen LogP contribution in [0.4, 0.5) is 19.1 Å². The lowest BCUT2D eigenvalue weighted by atomic mass is 10.0. The lowest BCUT2D eigenvalue weighted by molar-refractivity contribution is -0.0911. The molecular formula is C11H8F3N5. The van der Waals surface area contributed by atoms with Crippen molar-refractivity contribution in [3.05, 3.63) is 47.7 Å². The van der Waals surface area contributed by atoms with Crippen LogP contribution in [-0.2, 0) is 0 Å². The highest BCUT2D eigenvalue weighted by atomic mass is 19.4. The van der Waals surface area contributed by atoms with Crippen LogP contribution in [0.3, 0.4) is 0 Å². The summed E-state index contributed by atoms with van der Waals surface area (Å²) in [5.41, 5.74) is -0.178. The molecule has 5 nitrogen and oxygen atoms in total. The molecule has 1 N–H and O–H groups in total. The number of nitrogens with zero attached hydrogens (tertiary/aromatic N) is 4. The zero-order valence-corrected chi connectivity index (χ0v) is 9.46. The molecule has 19 heavy (non-hydrogen) atoms. The summed E-state index contributed by atoms with van der Waals surface area (Å²) in [6.07, 6.45) is -3.40.